The fraction of sp³-hybridized carbons (Fsp3) is 0.400. The maximum absolute atomic E-state index is 13.6. The van der Waals surface area contributed by atoms with Gasteiger partial charge < -0.3 is 19.3 Å². The SMILES string of the molecule is COc1cc(C)c(/C(O)=C2\C(=O)C(=O)N(C3CCCC3)C2c2cn(C)c3ccccc23)cc1C(C)C. The van der Waals surface area contributed by atoms with Crippen LogP contribution < -0.4 is 4.74 Å². The zero-order valence-electron chi connectivity index (χ0n) is 21.7. The van der Waals surface area contributed by atoms with Crippen molar-refractivity contribution in [3.8, 4) is 5.75 Å². The van der Waals surface area contributed by atoms with Gasteiger partial charge in [-0.25, -0.2) is 0 Å². The van der Waals surface area contributed by atoms with Gasteiger partial charge in [0.1, 0.15) is 11.5 Å². The normalized spacial score (nSPS) is 20.3. The number of likely N-dealkylation sites (tertiary alicyclic amines) is 1. The van der Waals surface area contributed by atoms with Crippen molar-refractivity contribution in [1.29, 1.82) is 0 Å². The summed E-state index contributed by atoms with van der Waals surface area (Å²) in [5.41, 5.74) is 4.36. The molecular formula is C30H34N2O4. The Balaban J connectivity index is 1.77. The predicted octanol–water partition coefficient (Wildman–Crippen LogP) is 5.98. The predicted molar refractivity (Wildman–Crippen MR) is 141 cm³/mol. The molecule has 5 rings (SSSR count). The Bertz CT molecular complexity index is 1390. The second kappa shape index (κ2) is 9.16. The van der Waals surface area contributed by atoms with Gasteiger partial charge in [-0.3, -0.25) is 9.59 Å². The molecule has 0 spiro atoms. The van der Waals surface area contributed by atoms with Crippen molar-refractivity contribution in [1.82, 2.24) is 9.47 Å². The minimum atomic E-state index is -0.636. The quantitative estimate of drug-likeness (QED) is 0.273. The number of aromatic nitrogens is 1. The molecule has 1 saturated heterocycles. The summed E-state index contributed by atoms with van der Waals surface area (Å²) in [6.45, 7) is 6.01. The Kier molecular flexibility index (Phi) is 6.15. The number of Topliss-reactive ketones (excluding diaryl/α,β-unsaturated/α-hetero) is 1. The van der Waals surface area contributed by atoms with Crippen molar-refractivity contribution in [2.75, 3.05) is 7.11 Å². The van der Waals surface area contributed by atoms with Gasteiger partial charge in [0.2, 0.25) is 0 Å². The monoisotopic (exact) mass is 486 g/mol. The van der Waals surface area contributed by atoms with E-state index in [1.165, 1.54) is 0 Å². The summed E-state index contributed by atoms with van der Waals surface area (Å²) in [5, 5.41) is 12.7. The van der Waals surface area contributed by atoms with Gasteiger partial charge in [-0.2, -0.15) is 0 Å². The van der Waals surface area contributed by atoms with Gasteiger partial charge in [0.25, 0.3) is 11.7 Å². The average molecular weight is 487 g/mol. The molecule has 1 N–H and O–H groups in total. The Labute approximate surface area is 212 Å². The molecule has 1 saturated carbocycles. The van der Waals surface area contributed by atoms with Gasteiger partial charge in [-0.1, -0.05) is 44.9 Å². The number of para-hydroxylation sites is 1. The molecule has 2 aromatic carbocycles. The van der Waals surface area contributed by atoms with Crippen LogP contribution in [0.5, 0.6) is 5.75 Å². The molecule has 36 heavy (non-hydrogen) atoms. The first-order chi connectivity index (χ1) is 17.2. The van der Waals surface area contributed by atoms with Crippen LogP contribution in [0.3, 0.4) is 0 Å². The molecule has 2 heterocycles. The number of aliphatic hydroxyl groups is 1. The number of aryl methyl sites for hydroxylation is 2. The molecule has 6 nitrogen and oxygen atoms in total. The van der Waals surface area contributed by atoms with Crippen LogP contribution in [0.25, 0.3) is 16.7 Å². The number of ketones is 1. The summed E-state index contributed by atoms with van der Waals surface area (Å²) >= 11 is 0. The summed E-state index contributed by atoms with van der Waals surface area (Å²) in [6, 6.07) is 11.1. The average Bonchev–Trinajstić information content (AvgIpc) is 3.56. The molecule has 0 bridgehead atoms. The number of methoxy groups -OCH3 is 1. The first-order valence-electron chi connectivity index (χ1n) is 12.8. The number of benzene rings is 2. The number of carbonyl (C=O) groups excluding carboxylic acids is 2. The van der Waals surface area contributed by atoms with Crippen LogP contribution in [0, 0.1) is 6.92 Å². The number of carbonyl (C=O) groups is 2. The van der Waals surface area contributed by atoms with Crippen LogP contribution in [-0.4, -0.2) is 39.4 Å². The van der Waals surface area contributed by atoms with Crippen LogP contribution >= 0.6 is 0 Å². The van der Waals surface area contributed by atoms with Gasteiger partial charge in [0, 0.05) is 41.3 Å². The summed E-state index contributed by atoms with van der Waals surface area (Å²) in [6.07, 6.45) is 5.80. The van der Waals surface area contributed by atoms with Crippen LogP contribution in [0.1, 0.15) is 73.7 Å². The molecule has 0 radical (unpaired) electrons. The van der Waals surface area contributed by atoms with Crippen LogP contribution in [-0.2, 0) is 16.6 Å². The second-order valence-electron chi connectivity index (χ2n) is 10.4. The van der Waals surface area contributed by atoms with Gasteiger partial charge in [0.15, 0.2) is 0 Å². The summed E-state index contributed by atoms with van der Waals surface area (Å²) in [5.74, 6) is -0.345. The van der Waals surface area contributed by atoms with Gasteiger partial charge in [-0.15, -0.1) is 0 Å². The number of ether oxygens (including phenoxy) is 1. The number of nitrogens with zero attached hydrogens (tertiary/aromatic N) is 2. The maximum atomic E-state index is 13.6. The molecule has 2 aliphatic rings. The molecule has 1 unspecified atom stereocenters. The van der Waals surface area contributed by atoms with E-state index in [1.54, 1.807) is 12.0 Å². The fourth-order valence-corrected chi connectivity index (χ4v) is 6.03. The second-order valence-corrected chi connectivity index (χ2v) is 10.4. The molecule has 188 valence electrons. The lowest BCUT2D eigenvalue weighted by Gasteiger charge is -2.30. The van der Waals surface area contributed by atoms with Crippen molar-refractivity contribution in [3.05, 3.63) is 70.4 Å². The molecule has 1 aliphatic carbocycles. The van der Waals surface area contributed by atoms with Crippen LogP contribution in [0.4, 0.5) is 0 Å². The van der Waals surface area contributed by atoms with Gasteiger partial charge >= 0.3 is 0 Å². The lowest BCUT2D eigenvalue weighted by atomic mass is 9.90. The molecular weight excluding hydrogens is 452 g/mol. The highest BCUT2D eigenvalue weighted by molar-refractivity contribution is 6.46. The van der Waals surface area contributed by atoms with E-state index >= 15 is 0 Å². The van der Waals surface area contributed by atoms with Crippen LogP contribution in [0.15, 0.2) is 48.2 Å². The van der Waals surface area contributed by atoms with Crippen molar-refractivity contribution in [3.63, 3.8) is 0 Å². The summed E-state index contributed by atoms with van der Waals surface area (Å²) in [4.78, 5) is 28.9. The Morgan fingerprint density at radius 2 is 1.81 bits per heavy atom. The third-order valence-electron chi connectivity index (χ3n) is 7.87. The number of fused-ring (bicyclic) bond motifs is 1. The molecule has 3 aromatic rings. The molecule has 1 amide bonds. The zero-order chi connectivity index (χ0) is 25.7. The molecule has 2 fully saturated rings. The highest BCUT2D eigenvalue weighted by atomic mass is 16.5. The van der Waals surface area contributed by atoms with E-state index in [0.717, 1.165) is 59.0 Å². The highest BCUT2D eigenvalue weighted by Gasteiger charge is 2.50. The van der Waals surface area contributed by atoms with E-state index in [4.69, 9.17) is 4.74 Å². The van der Waals surface area contributed by atoms with Gasteiger partial charge in [0.05, 0.1) is 18.7 Å². The number of hydrogen-bond donors (Lipinski definition) is 1. The smallest absolute Gasteiger partial charge is 0.295 e. The number of rotatable bonds is 5. The van der Waals surface area contributed by atoms with E-state index in [9.17, 15) is 14.7 Å². The first kappa shape index (κ1) is 24.2. The number of aliphatic hydroxyl groups excluding tert-OH is 1. The largest absolute Gasteiger partial charge is 0.507 e. The Morgan fingerprint density at radius 1 is 1.11 bits per heavy atom. The van der Waals surface area contributed by atoms with E-state index in [2.05, 4.69) is 13.8 Å². The molecule has 6 heteroatoms. The van der Waals surface area contributed by atoms with E-state index in [0.29, 0.717) is 5.56 Å². The van der Waals surface area contributed by atoms with Crippen molar-refractivity contribution in [2.24, 2.45) is 7.05 Å². The van der Waals surface area contributed by atoms with E-state index in [-0.39, 0.29) is 23.3 Å². The Morgan fingerprint density at radius 3 is 2.47 bits per heavy atom. The number of hydrogen-bond acceptors (Lipinski definition) is 4. The van der Waals surface area contributed by atoms with Crippen LogP contribution in [0.2, 0.25) is 0 Å². The lowest BCUT2D eigenvalue weighted by Crippen LogP contribution is -2.37. The zero-order valence-corrected chi connectivity index (χ0v) is 21.7. The maximum Gasteiger partial charge on any atom is 0.295 e. The van der Waals surface area contributed by atoms with Crippen molar-refractivity contribution >= 4 is 28.4 Å². The minimum Gasteiger partial charge on any atom is -0.507 e. The fourth-order valence-electron chi connectivity index (χ4n) is 6.03. The van der Waals surface area contributed by atoms with E-state index < -0.39 is 17.7 Å². The first-order valence-corrected chi connectivity index (χ1v) is 12.8. The third kappa shape index (κ3) is 3.71. The van der Waals surface area contributed by atoms with Crippen molar-refractivity contribution in [2.45, 2.75) is 64.5 Å². The lowest BCUT2D eigenvalue weighted by molar-refractivity contribution is -0.141. The minimum absolute atomic E-state index is 0.0149. The molecule has 1 aliphatic heterocycles. The summed E-state index contributed by atoms with van der Waals surface area (Å²) in [7, 11) is 3.60. The Hall–Kier alpha value is -3.54. The van der Waals surface area contributed by atoms with Gasteiger partial charge in [-0.05, 0) is 55.0 Å². The topological polar surface area (TPSA) is 71.8 Å². The summed E-state index contributed by atoms with van der Waals surface area (Å²) < 4.78 is 7.60. The standard InChI is InChI=1S/C30H34N2O4/c1-17(2)21-15-22(18(3)14-25(21)36-5)28(33)26-27(23-16-31(4)24-13-9-8-12-20(23)24)32(30(35)29(26)34)19-10-6-7-11-19/h8-9,12-17,19,27,33H,6-7,10-11H2,1-5H3/b28-26+. The highest BCUT2D eigenvalue weighted by Crippen LogP contribution is 2.46. The van der Waals surface area contributed by atoms with E-state index in [1.807, 2.05) is 61.1 Å². The molecule has 1 atom stereocenters. The third-order valence-corrected chi connectivity index (χ3v) is 7.87. The van der Waals surface area contributed by atoms with Crippen molar-refractivity contribution < 1.29 is 19.4 Å². The molecule has 1 aromatic heterocycles. The number of amides is 1.